The zero-order valence-corrected chi connectivity index (χ0v) is 10.0. The normalized spacial score (nSPS) is 12.4. The van der Waals surface area contributed by atoms with Gasteiger partial charge in [0, 0.05) is 18.8 Å². The summed E-state index contributed by atoms with van der Waals surface area (Å²) in [6.07, 6.45) is 4.66. The molecule has 1 heterocycles. The van der Waals surface area contributed by atoms with Crippen LogP contribution in [0.4, 0.5) is 0 Å². The van der Waals surface area contributed by atoms with E-state index in [0.717, 1.165) is 17.5 Å². The SMILES string of the molecule is CCc1ccccc1C(O)Cc1cccnc1. The number of aryl methyl sites for hydroxylation is 1. The predicted octanol–water partition coefficient (Wildman–Crippen LogP) is 2.92. The van der Waals surface area contributed by atoms with E-state index in [9.17, 15) is 5.11 Å². The molecule has 2 aromatic rings. The van der Waals surface area contributed by atoms with Gasteiger partial charge in [0.25, 0.3) is 0 Å². The minimum atomic E-state index is -0.449. The van der Waals surface area contributed by atoms with E-state index in [0.29, 0.717) is 6.42 Å². The Bertz CT molecular complexity index is 467. The summed E-state index contributed by atoms with van der Waals surface area (Å²) in [5, 5.41) is 10.3. The number of rotatable bonds is 4. The molecule has 1 aromatic heterocycles. The minimum Gasteiger partial charge on any atom is -0.388 e. The second-order valence-corrected chi connectivity index (χ2v) is 4.13. The minimum absolute atomic E-state index is 0.449. The van der Waals surface area contributed by atoms with E-state index in [1.807, 2.05) is 30.3 Å². The molecule has 1 aromatic carbocycles. The highest BCUT2D eigenvalue weighted by atomic mass is 16.3. The van der Waals surface area contributed by atoms with E-state index < -0.39 is 6.10 Å². The third-order valence-corrected chi connectivity index (χ3v) is 2.95. The molecule has 0 radical (unpaired) electrons. The number of aliphatic hydroxyl groups excluding tert-OH is 1. The van der Waals surface area contributed by atoms with Gasteiger partial charge in [-0.3, -0.25) is 4.98 Å². The van der Waals surface area contributed by atoms with E-state index in [2.05, 4.69) is 18.0 Å². The van der Waals surface area contributed by atoms with Gasteiger partial charge in [-0.15, -0.1) is 0 Å². The third-order valence-electron chi connectivity index (χ3n) is 2.95. The molecule has 2 heteroatoms. The maximum Gasteiger partial charge on any atom is 0.0833 e. The van der Waals surface area contributed by atoms with Gasteiger partial charge in [-0.2, -0.15) is 0 Å². The first-order valence-corrected chi connectivity index (χ1v) is 5.96. The number of benzene rings is 1. The van der Waals surface area contributed by atoms with Gasteiger partial charge in [-0.25, -0.2) is 0 Å². The van der Waals surface area contributed by atoms with Crippen molar-refractivity contribution in [2.45, 2.75) is 25.9 Å². The molecule has 0 aliphatic carbocycles. The van der Waals surface area contributed by atoms with Crippen LogP contribution in [0.15, 0.2) is 48.8 Å². The highest BCUT2D eigenvalue weighted by molar-refractivity contribution is 5.30. The first-order chi connectivity index (χ1) is 8.31. The molecule has 1 N–H and O–H groups in total. The van der Waals surface area contributed by atoms with Crippen LogP contribution in [0, 0.1) is 0 Å². The average molecular weight is 227 g/mol. The molecular formula is C15H17NO. The second-order valence-electron chi connectivity index (χ2n) is 4.13. The lowest BCUT2D eigenvalue weighted by Gasteiger charge is -2.14. The van der Waals surface area contributed by atoms with Gasteiger partial charge in [-0.05, 0) is 29.2 Å². The van der Waals surface area contributed by atoms with Crippen molar-refractivity contribution < 1.29 is 5.11 Å². The maximum atomic E-state index is 10.3. The second kappa shape index (κ2) is 5.60. The Morgan fingerprint density at radius 1 is 1.18 bits per heavy atom. The van der Waals surface area contributed by atoms with Crippen molar-refractivity contribution in [3.63, 3.8) is 0 Å². The number of aromatic nitrogens is 1. The Labute approximate surface area is 102 Å². The van der Waals surface area contributed by atoms with Crippen LogP contribution >= 0.6 is 0 Å². The van der Waals surface area contributed by atoms with Crippen molar-refractivity contribution in [1.82, 2.24) is 4.98 Å². The zero-order valence-electron chi connectivity index (χ0n) is 10.0. The van der Waals surface area contributed by atoms with Gasteiger partial charge >= 0.3 is 0 Å². The number of pyridine rings is 1. The molecule has 1 atom stereocenters. The van der Waals surface area contributed by atoms with Gasteiger partial charge in [0.05, 0.1) is 6.10 Å². The highest BCUT2D eigenvalue weighted by Crippen LogP contribution is 2.21. The first kappa shape index (κ1) is 11.8. The summed E-state index contributed by atoms with van der Waals surface area (Å²) < 4.78 is 0. The molecule has 0 fully saturated rings. The maximum absolute atomic E-state index is 10.3. The summed E-state index contributed by atoms with van der Waals surface area (Å²) in [7, 11) is 0. The molecule has 17 heavy (non-hydrogen) atoms. The van der Waals surface area contributed by atoms with Crippen LogP contribution in [0.2, 0.25) is 0 Å². The lowest BCUT2D eigenvalue weighted by Crippen LogP contribution is -2.05. The Morgan fingerprint density at radius 3 is 2.71 bits per heavy atom. The van der Waals surface area contributed by atoms with Crippen LogP contribution in [-0.2, 0) is 12.8 Å². The number of hydrogen-bond donors (Lipinski definition) is 1. The van der Waals surface area contributed by atoms with Crippen LogP contribution in [-0.4, -0.2) is 10.1 Å². The van der Waals surface area contributed by atoms with Crippen LogP contribution in [0.3, 0.4) is 0 Å². The van der Waals surface area contributed by atoms with Gasteiger partial charge in [0.2, 0.25) is 0 Å². The summed E-state index contributed by atoms with van der Waals surface area (Å²) in [4.78, 5) is 4.06. The van der Waals surface area contributed by atoms with E-state index in [-0.39, 0.29) is 0 Å². The van der Waals surface area contributed by atoms with E-state index in [4.69, 9.17) is 0 Å². The largest absolute Gasteiger partial charge is 0.388 e. The van der Waals surface area contributed by atoms with E-state index in [1.54, 1.807) is 12.4 Å². The predicted molar refractivity (Wildman–Crippen MR) is 68.7 cm³/mol. The van der Waals surface area contributed by atoms with Crippen LogP contribution in [0.1, 0.15) is 29.7 Å². The first-order valence-electron chi connectivity index (χ1n) is 5.96. The van der Waals surface area contributed by atoms with Crippen molar-refractivity contribution >= 4 is 0 Å². The summed E-state index contributed by atoms with van der Waals surface area (Å²) >= 11 is 0. The van der Waals surface area contributed by atoms with Crippen molar-refractivity contribution in [2.75, 3.05) is 0 Å². The number of hydrogen-bond acceptors (Lipinski definition) is 2. The highest BCUT2D eigenvalue weighted by Gasteiger charge is 2.11. The average Bonchev–Trinajstić information content (AvgIpc) is 2.40. The molecule has 0 aliphatic heterocycles. The van der Waals surface area contributed by atoms with Gasteiger partial charge in [-0.1, -0.05) is 37.3 Å². The summed E-state index contributed by atoms with van der Waals surface area (Å²) in [5.74, 6) is 0. The molecule has 0 saturated heterocycles. The Hall–Kier alpha value is -1.67. The van der Waals surface area contributed by atoms with Crippen molar-refractivity contribution in [1.29, 1.82) is 0 Å². The summed E-state index contributed by atoms with van der Waals surface area (Å²) in [5.41, 5.74) is 3.30. The molecule has 0 spiro atoms. The quantitative estimate of drug-likeness (QED) is 0.871. The fraction of sp³-hybridized carbons (Fsp3) is 0.267. The summed E-state index contributed by atoms with van der Waals surface area (Å²) in [6.45, 7) is 2.11. The Balaban J connectivity index is 2.17. The van der Waals surface area contributed by atoms with E-state index >= 15 is 0 Å². The molecule has 0 saturated carbocycles. The van der Waals surface area contributed by atoms with Crippen LogP contribution < -0.4 is 0 Å². The fourth-order valence-corrected chi connectivity index (χ4v) is 2.03. The molecule has 0 bridgehead atoms. The third kappa shape index (κ3) is 2.92. The molecular weight excluding hydrogens is 210 g/mol. The Morgan fingerprint density at radius 2 is 2.00 bits per heavy atom. The zero-order chi connectivity index (χ0) is 12.1. The summed E-state index contributed by atoms with van der Waals surface area (Å²) in [6, 6.07) is 11.9. The van der Waals surface area contributed by atoms with Crippen LogP contribution in [0.5, 0.6) is 0 Å². The Kier molecular flexibility index (Phi) is 3.89. The molecule has 2 rings (SSSR count). The van der Waals surface area contributed by atoms with Crippen molar-refractivity contribution in [2.24, 2.45) is 0 Å². The van der Waals surface area contributed by atoms with Gasteiger partial charge in [0.15, 0.2) is 0 Å². The lowest BCUT2D eigenvalue weighted by molar-refractivity contribution is 0.177. The van der Waals surface area contributed by atoms with Crippen LogP contribution in [0.25, 0.3) is 0 Å². The molecule has 0 amide bonds. The van der Waals surface area contributed by atoms with Crippen molar-refractivity contribution in [3.05, 3.63) is 65.5 Å². The fourth-order valence-electron chi connectivity index (χ4n) is 2.03. The molecule has 1 unspecified atom stereocenters. The monoisotopic (exact) mass is 227 g/mol. The van der Waals surface area contributed by atoms with Gasteiger partial charge < -0.3 is 5.11 Å². The van der Waals surface area contributed by atoms with Crippen molar-refractivity contribution in [3.8, 4) is 0 Å². The topological polar surface area (TPSA) is 33.1 Å². The van der Waals surface area contributed by atoms with Gasteiger partial charge in [0.1, 0.15) is 0 Å². The van der Waals surface area contributed by atoms with E-state index in [1.165, 1.54) is 5.56 Å². The molecule has 0 aliphatic rings. The lowest BCUT2D eigenvalue weighted by atomic mass is 9.96. The number of nitrogens with zero attached hydrogens (tertiary/aromatic N) is 1. The standard InChI is InChI=1S/C15H17NO/c1-2-13-7-3-4-8-14(13)15(17)10-12-6-5-9-16-11-12/h3-9,11,15,17H,2,10H2,1H3. The smallest absolute Gasteiger partial charge is 0.0833 e. The number of aliphatic hydroxyl groups is 1. The molecule has 88 valence electrons. The molecule has 2 nitrogen and oxygen atoms in total.